The topological polar surface area (TPSA) is 116 Å². The number of benzene rings is 1. The molecule has 2 heterocycles. The van der Waals surface area contributed by atoms with E-state index in [1.165, 1.54) is 0 Å². The lowest BCUT2D eigenvalue weighted by Crippen LogP contribution is -2.02. The Labute approximate surface area is 159 Å². The molecule has 0 saturated carbocycles. The predicted molar refractivity (Wildman–Crippen MR) is 102 cm³/mol. The Balaban J connectivity index is 1.76. The maximum Gasteiger partial charge on any atom is 0.304 e. The van der Waals surface area contributed by atoms with Crippen LogP contribution in [0, 0.1) is 10.1 Å². The van der Waals surface area contributed by atoms with Crippen molar-refractivity contribution in [3.63, 3.8) is 0 Å². The van der Waals surface area contributed by atoms with E-state index in [2.05, 4.69) is 10.4 Å². The Kier molecular flexibility index (Phi) is 5.15. The molecule has 0 aliphatic heterocycles. The van der Waals surface area contributed by atoms with Gasteiger partial charge in [-0.15, -0.1) is 0 Å². The summed E-state index contributed by atoms with van der Waals surface area (Å²) in [6.45, 7) is 0.216. The highest BCUT2D eigenvalue weighted by atomic mass is 32.2. The van der Waals surface area contributed by atoms with Gasteiger partial charge in [0.05, 0.1) is 30.0 Å². The van der Waals surface area contributed by atoms with Crippen LogP contribution in [0.15, 0.2) is 46.8 Å². The molecule has 1 N–H and O–H groups in total. The van der Waals surface area contributed by atoms with E-state index >= 15 is 0 Å². The Morgan fingerprint density at radius 2 is 2.00 bits per heavy atom. The van der Waals surface area contributed by atoms with Crippen LogP contribution in [0.2, 0.25) is 0 Å². The van der Waals surface area contributed by atoms with Crippen LogP contribution in [-0.2, 0) is 16.4 Å². The molecule has 0 amide bonds. The van der Waals surface area contributed by atoms with Crippen LogP contribution in [0.25, 0.3) is 5.69 Å². The fourth-order valence-corrected chi connectivity index (χ4v) is 4.25. The van der Waals surface area contributed by atoms with Crippen molar-refractivity contribution in [2.24, 2.45) is 0 Å². The molecule has 0 radical (unpaired) electrons. The number of sulfone groups is 1. The molecule has 0 aliphatic carbocycles. The van der Waals surface area contributed by atoms with Crippen LogP contribution in [-0.4, -0.2) is 36.5 Å². The number of hydrogen-bond donors (Lipinski definition) is 1. The van der Waals surface area contributed by atoms with Gasteiger partial charge in [0.15, 0.2) is 14.8 Å². The first-order chi connectivity index (χ1) is 12.8. The third-order valence-corrected chi connectivity index (χ3v) is 6.55. The van der Waals surface area contributed by atoms with Crippen molar-refractivity contribution in [2.75, 3.05) is 18.7 Å². The predicted octanol–water partition coefficient (Wildman–Crippen LogP) is 2.87. The average molecular weight is 408 g/mol. The van der Waals surface area contributed by atoms with Crippen molar-refractivity contribution < 1.29 is 18.1 Å². The third-order valence-electron chi connectivity index (χ3n) is 3.66. The van der Waals surface area contributed by atoms with E-state index < -0.39 is 14.8 Å². The van der Waals surface area contributed by atoms with E-state index in [0.717, 1.165) is 35.1 Å². The second kappa shape index (κ2) is 7.37. The molecule has 27 heavy (non-hydrogen) atoms. The largest absolute Gasteiger partial charge is 0.497 e. The number of thiophene rings is 1. The lowest BCUT2D eigenvalue weighted by atomic mass is 10.3. The minimum Gasteiger partial charge on any atom is -0.497 e. The van der Waals surface area contributed by atoms with E-state index in [4.69, 9.17) is 4.74 Å². The zero-order valence-corrected chi connectivity index (χ0v) is 16.1. The molecule has 11 heteroatoms. The van der Waals surface area contributed by atoms with Gasteiger partial charge in [-0.05, 0) is 30.3 Å². The average Bonchev–Trinajstić information content (AvgIpc) is 3.27. The molecule has 3 aromatic rings. The van der Waals surface area contributed by atoms with E-state index in [9.17, 15) is 18.5 Å². The number of anilines is 1. The first-order valence-electron chi connectivity index (χ1n) is 7.69. The summed E-state index contributed by atoms with van der Waals surface area (Å²) in [5, 5.41) is 18.7. The fraction of sp³-hybridized carbons (Fsp3) is 0.188. The number of methoxy groups -OCH3 is 1. The molecule has 0 atom stereocenters. The van der Waals surface area contributed by atoms with Gasteiger partial charge in [-0.2, -0.15) is 5.10 Å². The number of rotatable bonds is 7. The number of hydrogen-bond acceptors (Lipinski definition) is 8. The maximum absolute atomic E-state index is 11.6. The summed E-state index contributed by atoms with van der Waals surface area (Å²) >= 11 is 0.832. The van der Waals surface area contributed by atoms with E-state index in [1.54, 1.807) is 24.1 Å². The van der Waals surface area contributed by atoms with Crippen LogP contribution >= 0.6 is 11.3 Å². The van der Waals surface area contributed by atoms with Crippen LogP contribution in [0.4, 0.5) is 10.7 Å². The van der Waals surface area contributed by atoms with E-state index in [-0.39, 0.29) is 21.4 Å². The van der Waals surface area contributed by atoms with E-state index in [0.29, 0.717) is 5.69 Å². The van der Waals surface area contributed by atoms with Crippen LogP contribution < -0.4 is 10.1 Å². The Bertz CT molecular complexity index is 1070. The smallest absolute Gasteiger partial charge is 0.304 e. The molecule has 2 aromatic heterocycles. The highest BCUT2D eigenvalue weighted by molar-refractivity contribution is 7.92. The lowest BCUT2D eigenvalue weighted by Gasteiger charge is -2.04. The number of ether oxygens (including phenoxy) is 1. The van der Waals surface area contributed by atoms with Gasteiger partial charge in [0.1, 0.15) is 9.96 Å². The molecule has 1 aromatic carbocycles. The van der Waals surface area contributed by atoms with Crippen LogP contribution in [0.3, 0.4) is 0 Å². The Hall–Kier alpha value is -2.92. The van der Waals surface area contributed by atoms with Crippen molar-refractivity contribution in [2.45, 2.75) is 10.8 Å². The summed E-state index contributed by atoms with van der Waals surface area (Å²) in [5.74, 6) is 0.736. The van der Waals surface area contributed by atoms with Crippen molar-refractivity contribution in [1.29, 1.82) is 0 Å². The van der Waals surface area contributed by atoms with Gasteiger partial charge in [0, 0.05) is 18.5 Å². The summed E-state index contributed by atoms with van der Waals surface area (Å²) in [7, 11) is -1.93. The van der Waals surface area contributed by atoms with Gasteiger partial charge in [-0.25, -0.2) is 13.1 Å². The molecule has 0 spiro atoms. The third kappa shape index (κ3) is 4.26. The van der Waals surface area contributed by atoms with Gasteiger partial charge in [-0.1, -0.05) is 11.3 Å². The Morgan fingerprint density at radius 3 is 2.59 bits per heavy atom. The molecule has 0 saturated heterocycles. The molecule has 3 rings (SSSR count). The summed E-state index contributed by atoms with van der Waals surface area (Å²) in [4.78, 5) is 10.6. The molecular weight excluding hydrogens is 392 g/mol. The van der Waals surface area contributed by atoms with Gasteiger partial charge in [0.2, 0.25) is 0 Å². The molecule has 0 bridgehead atoms. The second-order valence-electron chi connectivity index (χ2n) is 5.61. The highest BCUT2D eigenvalue weighted by Gasteiger charge is 2.23. The number of aromatic nitrogens is 2. The van der Waals surface area contributed by atoms with Crippen LogP contribution in [0.1, 0.15) is 5.69 Å². The maximum atomic E-state index is 11.6. The normalized spacial score (nSPS) is 11.3. The lowest BCUT2D eigenvalue weighted by molar-refractivity contribution is -0.383. The number of nitrogens with zero attached hydrogens (tertiary/aromatic N) is 3. The summed E-state index contributed by atoms with van der Waals surface area (Å²) in [6, 6.07) is 10.2. The first kappa shape index (κ1) is 18.9. The van der Waals surface area contributed by atoms with Gasteiger partial charge < -0.3 is 10.1 Å². The van der Waals surface area contributed by atoms with E-state index in [1.807, 2.05) is 24.3 Å². The number of nitrogens with one attached hydrogen (secondary N) is 1. The SMILES string of the molecule is COc1ccc(-n2ccc(CNc3sc(S(C)(=O)=O)cc3[N+](=O)[O-])n2)cc1. The van der Waals surface area contributed by atoms with Crippen molar-refractivity contribution in [3.8, 4) is 11.4 Å². The highest BCUT2D eigenvalue weighted by Crippen LogP contribution is 2.37. The number of nitro groups is 1. The van der Waals surface area contributed by atoms with Gasteiger partial charge >= 0.3 is 5.69 Å². The second-order valence-corrected chi connectivity index (χ2v) is 8.91. The fourth-order valence-electron chi connectivity index (χ4n) is 2.31. The quantitative estimate of drug-likeness (QED) is 0.472. The first-order valence-corrected chi connectivity index (χ1v) is 10.4. The monoisotopic (exact) mass is 408 g/mol. The van der Waals surface area contributed by atoms with Crippen molar-refractivity contribution in [1.82, 2.24) is 9.78 Å². The zero-order chi connectivity index (χ0) is 19.6. The molecule has 0 aliphatic rings. The minimum atomic E-state index is -3.51. The standard InChI is InChI=1S/C16H16N4O5S2/c1-25-13-5-3-12(4-6-13)19-8-7-11(18-19)10-17-16-14(20(21)22)9-15(26-16)27(2,23)24/h3-9,17H,10H2,1-2H3. The minimum absolute atomic E-state index is 0.0551. The molecule has 0 unspecified atom stereocenters. The molecule has 142 valence electrons. The summed E-state index contributed by atoms with van der Waals surface area (Å²) in [6.07, 6.45) is 2.78. The molecule has 9 nitrogen and oxygen atoms in total. The van der Waals surface area contributed by atoms with Gasteiger partial charge in [0.25, 0.3) is 0 Å². The molecule has 0 fully saturated rings. The summed E-state index contributed by atoms with van der Waals surface area (Å²) in [5.41, 5.74) is 1.22. The van der Waals surface area contributed by atoms with Gasteiger partial charge in [-0.3, -0.25) is 10.1 Å². The van der Waals surface area contributed by atoms with Crippen molar-refractivity contribution >= 4 is 31.9 Å². The zero-order valence-electron chi connectivity index (χ0n) is 14.4. The molecular formula is C16H16N4O5S2. The van der Waals surface area contributed by atoms with Crippen molar-refractivity contribution in [3.05, 3.63) is 58.4 Å². The Morgan fingerprint density at radius 1 is 1.30 bits per heavy atom. The summed E-state index contributed by atoms with van der Waals surface area (Å²) < 4.78 is 30.0. The van der Waals surface area contributed by atoms with Crippen LogP contribution in [0.5, 0.6) is 5.75 Å².